The summed E-state index contributed by atoms with van der Waals surface area (Å²) in [6.07, 6.45) is 7.34. The number of aromatic nitrogens is 6. The maximum Gasteiger partial charge on any atom is 0.309 e. The van der Waals surface area contributed by atoms with Crippen LogP contribution >= 0.6 is 11.6 Å². The Morgan fingerprint density at radius 3 is 2.86 bits per heavy atom. The highest BCUT2D eigenvalue weighted by Gasteiger charge is 2.22. The van der Waals surface area contributed by atoms with Crippen molar-refractivity contribution in [1.29, 1.82) is 0 Å². The smallest absolute Gasteiger partial charge is 0.309 e. The van der Waals surface area contributed by atoms with Crippen LogP contribution in [-0.4, -0.2) is 63.3 Å². The van der Waals surface area contributed by atoms with E-state index in [1.165, 1.54) is 24.2 Å². The number of benzene rings is 2. The van der Waals surface area contributed by atoms with Crippen LogP contribution in [-0.2, 0) is 30.8 Å². The summed E-state index contributed by atoms with van der Waals surface area (Å²) >= 11 is 6.18. The fourth-order valence-corrected chi connectivity index (χ4v) is 5.94. The van der Waals surface area contributed by atoms with E-state index >= 15 is 0 Å². The summed E-state index contributed by atoms with van der Waals surface area (Å²) in [6.45, 7) is 0. The average Bonchev–Trinajstić information content (AvgIpc) is 3.66. The summed E-state index contributed by atoms with van der Waals surface area (Å²) in [4.78, 5) is 32.6. The van der Waals surface area contributed by atoms with E-state index < -0.39 is 22.0 Å². The number of methoxy groups -OCH3 is 1. The number of anilines is 1. The number of fused-ring (bicyclic) bond motifs is 4. The number of nitrogens with zero attached hydrogens (tertiary/aromatic N) is 5. The van der Waals surface area contributed by atoms with E-state index in [1.54, 1.807) is 48.7 Å². The molecule has 3 N–H and O–H groups in total. The van der Waals surface area contributed by atoms with Gasteiger partial charge in [-0.25, -0.2) is 13.4 Å². The summed E-state index contributed by atoms with van der Waals surface area (Å²) in [5, 5.41) is 14.7. The molecule has 0 fully saturated rings. The van der Waals surface area contributed by atoms with Crippen LogP contribution in [0, 0.1) is 0 Å². The molecular formula is C27H27ClN8O5S. The van der Waals surface area contributed by atoms with Gasteiger partial charge < -0.3 is 15.0 Å². The highest BCUT2D eigenvalue weighted by molar-refractivity contribution is 7.92. The van der Waals surface area contributed by atoms with E-state index in [9.17, 15) is 18.0 Å². The average molecular weight is 611 g/mol. The van der Waals surface area contributed by atoms with Gasteiger partial charge in [0, 0.05) is 22.2 Å². The van der Waals surface area contributed by atoms with Crippen molar-refractivity contribution in [2.45, 2.75) is 31.7 Å². The summed E-state index contributed by atoms with van der Waals surface area (Å²) < 4.78 is 34.6. The molecule has 0 aliphatic carbocycles. The van der Waals surface area contributed by atoms with Crippen LogP contribution in [0.15, 0.2) is 55.0 Å². The van der Waals surface area contributed by atoms with Gasteiger partial charge in [-0.2, -0.15) is 4.68 Å². The van der Waals surface area contributed by atoms with Crippen molar-refractivity contribution in [1.82, 2.24) is 35.5 Å². The lowest BCUT2D eigenvalue weighted by Gasteiger charge is -2.18. The molecule has 0 saturated carbocycles. The summed E-state index contributed by atoms with van der Waals surface area (Å²) in [6, 6.07) is 9.67. The number of amides is 1. The van der Waals surface area contributed by atoms with Gasteiger partial charge in [0.2, 0.25) is 15.9 Å². The molecule has 5 rings (SSSR count). The number of ether oxygens (including phenoxy) is 1. The Labute approximate surface area is 246 Å². The van der Waals surface area contributed by atoms with Gasteiger partial charge in [-0.1, -0.05) is 23.7 Å². The molecule has 2 aromatic heterocycles. The van der Waals surface area contributed by atoms with Crippen LogP contribution in [0.4, 0.5) is 5.69 Å². The Morgan fingerprint density at radius 2 is 2.07 bits per heavy atom. The van der Waals surface area contributed by atoms with E-state index in [2.05, 4.69) is 35.5 Å². The number of sulfonamides is 1. The SMILES string of the molecule is COC(=O)Cc1ccc2c(c1)NS(=O)(=O)CCCC[C@H](NC(=O)/C=C/c1cc(Cl)ccc1-n1cnnn1)c1ncc-2[nH]1. The molecule has 13 nitrogen and oxygen atoms in total. The molecule has 0 spiro atoms. The molecule has 0 saturated heterocycles. The largest absolute Gasteiger partial charge is 0.469 e. The molecule has 2 bridgehead atoms. The Hall–Kier alpha value is -4.56. The fraction of sp³-hybridized carbons (Fsp3) is 0.259. The number of carbonyl (C=O) groups is 2. The van der Waals surface area contributed by atoms with Gasteiger partial charge in [-0.05, 0) is 65.6 Å². The van der Waals surface area contributed by atoms with Gasteiger partial charge in [0.15, 0.2) is 0 Å². The number of halogens is 1. The second-order valence-corrected chi connectivity index (χ2v) is 11.9. The van der Waals surface area contributed by atoms with Crippen LogP contribution in [0.3, 0.4) is 0 Å². The topological polar surface area (TPSA) is 174 Å². The minimum Gasteiger partial charge on any atom is -0.469 e. The molecule has 0 radical (unpaired) electrons. The zero-order chi connectivity index (χ0) is 29.7. The molecule has 42 heavy (non-hydrogen) atoms. The molecule has 2 aromatic carbocycles. The Balaban J connectivity index is 1.41. The fourth-order valence-electron chi connectivity index (χ4n) is 4.57. The Morgan fingerprint density at radius 1 is 1.21 bits per heavy atom. The van der Waals surface area contributed by atoms with Crippen LogP contribution in [0.5, 0.6) is 0 Å². The van der Waals surface area contributed by atoms with Crippen molar-refractivity contribution in [3.8, 4) is 16.9 Å². The minimum absolute atomic E-state index is 0.00619. The molecule has 4 aromatic rings. The third-order valence-electron chi connectivity index (χ3n) is 6.61. The number of carbonyl (C=O) groups excluding carboxylic acids is 2. The van der Waals surface area contributed by atoms with Gasteiger partial charge >= 0.3 is 5.97 Å². The number of tetrazole rings is 1. The number of hydrogen-bond donors (Lipinski definition) is 3. The zero-order valence-electron chi connectivity index (χ0n) is 22.4. The van der Waals surface area contributed by atoms with Gasteiger partial charge in [0.25, 0.3) is 0 Å². The van der Waals surface area contributed by atoms with E-state index in [-0.39, 0.29) is 18.1 Å². The monoisotopic (exact) mass is 610 g/mol. The van der Waals surface area contributed by atoms with Crippen molar-refractivity contribution < 1.29 is 22.7 Å². The molecule has 3 heterocycles. The number of nitrogens with one attached hydrogen (secondary N) is 3. The maximum atomic E-state index is 13.0. The predicted octanol–water partition coefficient (Wildman–Crippen LogP) is 3.22. The van der Waals surface area contributed by atoms with Gasteiger partial charge in [0.05, 0.1) is 48.6 Å². The number of esters is 1. The molecule has 0 unspecified atom stereocenters. The molecule has 218 valence electrons. The summed E-state index contributed by atoms with van der Waals surface area (Å²) in [5.41, 5.74) is 3.27. The summed E-state index contributed by atoms with van der Waals surface area (Å²) in [5.74, 6) is -0.404. The van der Waals surface area contributed by atoms with Crippen LogP contribution in [0.1, 0.15) is 42.3 Å². The van der Waals surface area contributed by atoms with Crippen molar-refractivity contribution in [3.63, 3.8) is 0 Å². The number of aromatic amines is 1. The molecule has 1 atom stereocenters. The van der Waals surface area contributed by atoms with Crippen molar-refractivity contribution in [3.05, 3.63) is 77.0 Å². The quantitative estimate of drug-likeness (QED) is 0.219. The lowest BCUT2D eigenvalue weighted by atomic mass is 10.0. The molecular weight excluding hydrogens is 584 g/mol. The summed E-state index contributed by atoms with van der Waals surface area (Å²) in [7, 11) is -2.39. The molecule has 1 amide bonds. The highest BCUT2D eigenvalue weighted by atomic mass is 35.5. The second-order valence-electron chi connectivity index (χ2n) is 9.58. The second kappa shape index (κ2) is 12.5. The van der Waals surface area contributed by atoms with Crippen LogP contribution in [0.2, 0.25) is 5.02 Å². The van der Waals surface area contributed by atoms with E-state index in [0.717, 1.165) is 0 Å². The van der Waals surface area contributed by atoms with Crippen molar-refractivity contribution >= 4 is 45.3 Å². The first kappa shape index (κ1) is 29.0. The number of hydrogen-bond acceptors (Lipinski definition) is 9. The Bertz CT molecular complexity index is 1740. The van der Waals surface area contributed by atoms with E-state index in [0.29, 0.717) is 63.9 Å². The molecule has 1 aliphatic rings. The van der Waals surface area contributed by atoms with Crippen molar-refractivity contribution in [2.75, 3.05) is 17.6 Å². The third-order valence-corrected chi connectivity index (χ3v) is 8.21. The maximum absolute atomic E-state index is 13.0. The first-order valence-electron chi connectivity index (χ1n) is 13.0. The minimum atomic E-state index is -3.68. The molecule has 15 heteroatoms. The van der Waals surface area contributed by atoms with E-state index in [4.69, 9.17) is 16.3 Å². The number of imidazole rings is 1. The van der Waals surface area contributed by atoms with Gasteiger partial charge in [-0.3, -0.25) is 14.3 Å². The van der Waals surface area contributed by atoms with Crippen molar-refractivity contribution in [2.24, 2.45) is 0 Å². The van der Waals surface area contributed by atoms with E-state index in [1.807, 2.05) is 0 Å². The van der Waals surface area contributed by atoms with Crippen LogP contribution < -0.4 is 10.0 Å². The molecule has 1 aliphatic heterocycles. The highest BCUT2D eigenvalue weighted by Crippen LogP contribution is 2.31. The lowest BCUT2D eigenvalue weighted by Crippen LogP contribution is -2.28. The van der Waals surface area contributed by atoms with Crippen LogP contribution in [0.25, 0.3) is 23.0 Å². The first-order chi connectivity index (χ1) is 20.2. The Kier molecular flexibility index (Phi) is 8.64. The number of rotatable bonds is 6. The van der Waals surface area contributed by atoms with Gasteiger partial charge in [-0.15, -0.1) is 5.10 Å². The lowest BCUT2D eigenvalue weighted by molar-refractivity contribution is -0.139. The normalized spacial score (nSPS) is 16.5. The number of H-pyrrole nitrogens is 1. The standard InChI is InChI=1S/C27H27ClN8O5S/c1-41-26(38)13-17-5-8-20-22(12-17)33-42(39,40)11-3-2-4-21(27-29-15-23(20)32-27)31-25(37)10-6-18-14-19(28)7-9-24(18)36-16-30-34-35-36/h5-10,12,14-16,21,33H,2-4,11,13H2,1H3,(H,29,32)(H,31,37)/b10-6+/t21-/m0/s1. The third kappa shape index (κ3) is 7.01. The zero-order valence-corrected chi connectivity index (χ0v) is 24.0. The van der Waals surface area contributed by atoms with Gasteiger partial charge in [0.1, 0.15) is 12.2 Å². The predicted molar refractivity (Wildman–Crippen MR) is 155 cm³/mol. The first-order valence-corrected chi connectivity index (χ1v) is 15.0.